The maximum atomic E-state index is 5.92. The predicted octanol–water partition coefficient (Wildman–Crippen LogP) is 3.83. The average Bonchev–Trinajstić information content (AvgIpc) is 2.50. The maximum absolute atomic E-state index is 5.92. The fraction of sp³-hybridized carbons (Fsp3) is 0.250. The van der Waals surface area contributed by atoms with Gasteiger partial charge < -0.3 is 5.73 Å². The molecule has 86 valence electrons. The Balaban J connectivity index is 2.28. The van der Waals surface area contributed by atoms with E-state index in [-0.39, 0.29) is 5.41 Å². The molecule has 0 heterocycles. The van der Waals surface area contributed by atoms with Crippen molar-refractivity contribution in [3.63, 3.8) is 0 Å². The first-order chi connectivity index (χ1) is 8.10. The van der Waals surface area contributed by atoms with Crippen molar-refractivity contribution in [2.24, 2.45) is 0 Å². The summed E-state index contributed by atoms with van der Waals surface area (Å²) in [6.07, 6.45) is 9.75. The monoisotopic (exact) mass is 223 g/mol. The molecule has 1 aromatic rings. The zero-order chi connectivity index (χ0) is 12.0. The molecule has 0 fully saturated rings. The van der Waals surface area contributed by atoms with Crippen LogP contribution in [0.4, 0.5) is 5.69 Å². The van der Waals surface area contributed by atoms with Crippen LogP contribution in [0.15, 0.2) is 48.1 Å². The van der Waals surface area contributed by atoms with E-state index in [9.17, 15) is 0 Å². The normalized spacial score (nSPS) is 20.1. The van der Waals surface area contributed by atoms with Gasteiger partial charge in [-0.2, -0.15) is 0 Å². The molecule has 0 bridgehead atoms. The molecule has 2 N–H and O–H groups in total. The van der Waals surface area contributed by atoms with Crippen molar-refractivity contribution in [3.05, 3.63) is 59.2 Å². The Bertz CT molecular complexity index is 571. The summed E-state index contributed by atoms with van der Waals surface area (Å²) in [5.74, 6) is 0. The van der Waals surface area contributed by atoms with E-state index in [1.54, 1.807) is 0 Å². The minimum atomic E-state index is 0.0720. The summed E-state index contributed by atoms with van der Waals surface area (Å²) in [4.78, 5) is 0. The molecule has 0 aromatic heterocycles. The minimum Gasteiger partial charge on any atom is -0.399 e. The molecule has 2 aliphatic rings. The van der Waals surface area contributed by atoms with Crippen molar-refractivity contribution in [3.8, 4) is 0 Å². The number of hydrogen-bond acceptors (Lipinski definition) is 1. The highest BCUT2D eigenvalue weighted by molar-refractivity contribution is 5.84. The lowest BCUT2D eigenvalue weighted by Gasteiger charge is -2.23. The zero-order valence-corrected chi connectivity index (χ0v) is 10.3. The third-order valence-electron chi connectivity index (χ3n) is 3.87. The van der Waals surface area contributed by atoms with Crippen LogP contribution in [-0.2, 0) is 5.41 Å². The molecule has 1 nitrogen and oxygen atoms in total. The molecule has 3 rings (SSSR count). The summed E-state index contributed by atoms with van der Waals surface area (Å²) in [6, 6.07) is 6.30. The van der Waals surface area contributed by atoms with Gasteiger partial charge in [0, 0.05) is 11.1 Å². The van der Waals surface area contributed by atoms with Crippen molar-refractivity contribution in [2.75, 3.05) is 5.73 Å². The molecule has 0 spiro atoms. The lowest BCUT2D eigenvalue weighted by Crippen LogP contribution is -2.16. The number of nitrogen functional groups attached to an aromatic ring is 1. The standard InChI is InChI=1S/C16H17N/c1-16(2)14-7-5-3-4-6-12(14)13-9-8-11(17)10-15(13)16/h3-5,7-10H,6,17H2,1-2H3. The van der Waals surface area contributed by atoms with E-state index in [4.69, 9.17) is 5.73 Å². The van der Waals surface area contributed by atoms with Crippen molar-refractivity contribution in [1.29, 1.82) is 0 Å². The zero-order valence-electron chi connectivity index (χ0n) is 10.3. The van der Waals surface area contributed by atoms with E-state index in [0.29, 0.717) is 0 Å². The van der Waals surface area contributed by atoms with Crippen molar-refractivity contribution in [2.45, 2.75) is 25.7 Å². The maximum Gasteiger partial charge on any atom is 0.0317 e. The molecule has 0 saturated heterocycles. The first-order valence-electron chi connectivity index (χ1n) is 6.08. The van der Waals surface area contributed by atoms with Crippen LogP contribution in [-0.4, -0.2) is 0 Å². The molecule has 0 saturated carbocycles. The van der Waals surface area contributed by atoms with Gasteiger partial charge >= 0.3 is 0 Å². The Morgan fingerprint density at radius 1 is 1.18 bits per heavy atom. The fourth-order valence-corrected chi connectivity index (χ4v) is 2.95. The molecule has 0 atom stereocenters. The third-order valence-corrected chi connectivity index (χ3v) is 3.87. The Labute approximate surface area is 102 Å². The summed E-state index contributed by atoms with van der Waals surface area (Å²) in [5, 5.41) is 0. The van der Waals surface area contributed by atoms with E-state index in [0.717, 1.165) is 12.1 Å². The Kier molecular flexibility index (Phi) is 2.06. The van der Waals surface area contributed by atoms with Crippen LogP contribution < -0.4 is 5.73 Å². The molecule has 0 aliphatic heterocycles. The number of anilines is 1. The largest absolute Gasteiger partial charge is 0.399 e. The van der Waals surface area contributed by atoms with Gasteiger partial charge in [-0.15, -0.1) is 0 Å². The highest BCUT2D eigenvalue weighted by Gasteiger charge is 2.36. The predicted molar refractivity (Wildman–Crippen MR) is 73.7 cm³/mol. The van der Waals surface area contributed by atoms with Crippen molar-refractivity contribution < 1.29 is 0 Å². The van der Waals surface area contributed by atoms with Gasteiger partial charge in [0.25, 0.3) is 0 Å². The lowest BCUT2D eigenvalue weighted by molar-refractivity contribution is 0.654. The van der Waals surface area contributed by atoms with Crippen LogP contribution in [0.2, 0.25) is 0 Å². The van der Waals surface area contributed by atoms with Gasteiger partial charge in [0.15, 0.2) is 0 Å². The summed E-state index contributed by atoms with van der Waals surface area (Å²) in [5.41, 5.74) is 12.5. The van der Waals surface area contributed by atoms with E-state index in [1.807, 2.05) is 6.07 Å². The van der Waals surface area contributed by atoms with Crippen LogP contribution >= 0.6 is 0 Å². The molecule has 1 aromatic carbocycles. The number of fused-ring (bicyclic) bond motifs is 2. The van der Waals surface area contributed by atoms with Gasteiger partial charge in [0.2, 0.25) is 0 Å². The summed E-state index contributed by atoms with van der Waals surface area (Å²) in [7, 11) is 0. The van der Waals surface area contributed by atoms with E-state index in [1.165, 1.54) is 22.3 Å². The Hall–Kier alpha value is -1.76. The quantitative estimate of drug-likeness (QED) is 0.665. The molecular formula is C16H17N. The Morgan fingerprint density at radius 2 is 2.00 bits per heavy atom. The SMILES string of the molecule is CC1(C)C2=C(CC=CC=C2)c2ccc(N)cc21. The molecule has 0 amide bonds. The second kappa shape index (κ2) is 3.36. The molecule has 2 aliphatic carbocycles. The van der Waals surface area contributed by atoms with Crippen molar-refractivity contribution >= 4 is 11.3 Å². The number of hydrogen-bond donors (Lipinski definition) is 1. The van der Waals surface area contributed by atoms with Gasteiger partial charge in [-0.3, -0.25) is 0 Å². The first-order valence-corrected chi connectivity index (χ1v) is 6.08. The summed E-state index contributed by atoms with van der Waals surface area (Å²) in [6.45, 7) is 4.56. The number of nitrogens with two attached hydrogens (primary N) is 1. The van der Waals surface area contributed by atoms with Gasteiger partial charge in [0.05, 0.1) is 0 Å². The van der Waals surface area contributed by atoms with Gasteiger partial charge in [-0.25, -0.2) is 0 Å². The van der Waals surface area contributed by atoms with Crippen LogP contribution in [0.5, 0.6) is 0 Å². The highest BCUT2D eigenvalue weighted by atomic mass is 14.6. The third kappa shape index (κ3) is 1.39. The molecule has 0 radical (unpaired) electrons. The van der Waals surface area contributed by atoms with Crippen LogP contribution in [0.3, 0.4) is 0 Å². The second-order valence-electron chi connectivity index (χ2n) is 5.31. The van der Waals surface area contributed by atoms with Crippen molar-refractivity contribution in [1.82, 2.24) is 0 Å². The van der Waals surface area contributed by atoms with Crippen LogP contribution in [0.1, 0.15) is 31.4 Å². The highest BCUT2D eigenvalue weighted by Crippen LogP contribution is 2.49. The smallest absolute Gasteiger partial charge is 0.0317 e. The van der Waals surface area contributed by atoms with E-state index in [2.05, 4.69) is 50.3 Å². The number of benzene rings is 1. The topological polar surface area (TPSA) is 26.0 Å². The number of allylic oxidation sites excluding steroid dienone is 6. The number of rotatable bonds is 0. The molecular weight excluding hydrogens is 206 g/mol. The molecule has 1 heteroatoms. The average molecular weight is 223 g/mol. The molecule has 0 unspecified atom stereocenters. The van der Waals surface area contributed by atoms with Gasteiger partial charge in [-0.05, 0) is 40.8 Å². The first kappa shape index (κ1) is 10.4. The van der Waals surface area contributed by atoms with E-state index < -0.39 is 0 Å². The van der Waals surface area contributed by atoms with Crippen LogP contribution in [0, 0.1) is 0 Å². The Morgan fingerprint density at radius 3 is 2.82 bits per heavy atom. The lowest BCUT2D eigenvalue weighted by atomic mass is 9.81. The summed E-state index contributed by atoms with van der Waals surface area (Å²) >= 11 is 0. The van der Waals surface area contributed by atoms with E-state index >= 15 is 0 Å². The second-order valence-corrected chi connectivity index (χ2v) is 5.31. The summed E-state index contributed by atoms with van der Waals surface area (Å²) < 4.78 is 0. The van der Waals surface area contributed by atoms with Gasteiger partial charge in [-0.1, -0.05) is 44.2 Å². The van der Waals surface area contributed by atoms with Crippen LogP contribution in [0.25, 0.3) is 5.57 Å². The minimum absolute atomic E-state index is 0.0720. The molecule has 17 heavy (non-hydrogen) atoms. The fourth-order valence-electron chi connectivity index (χ4n) is 2.95. The van der Waals surface area contributed by atoms with Gasteiger partial charge in [0.1, 0.15) is 0 Å².